The number of benzene rings is 2. The van der Waals surface area contributed by atoms with Gasteiger partial charge < -0.3 is 20.5 Å². The number of nitrogens with two attached hydrogens (primary N) is 1. The number of nitrogens with one attached hydrogen (secondary N) is 1. The molecule has 1 saturated heterocycles. The van der Waals surface area contributed by atoms with E-state index in [1.165, 1.54) is 24.3 Å². The van der Waals surface area contributed by atoms with Crippen molar-refractivity contribution in [3.8, 4) is 11.5 Å². The van der Waals surface area contributed by atoms with Gasteiger partial charge in [-0.3, -0.25) is 13.9 Å². The number of rotatable bonds is 9. The summed E-state index contributed by atoms with van der Waals surface area (Å²) >= 11 is 0. The number of alkyl halides is 3. The van der Waals surface area contributed by atoms with Crippen molar-refractivity contribution in [2.24, 2.45) is 11.7 Å². The summed E-state index contributed by atoms with van der Waals surface area (Å²) in [6.45, 7) is 0.396. The van der Waals surface area contributed by atoms with Crippen molar-refractivity contribution in [3.63, 3.8) is 0 Å². The van der Waals surface area contributed by atoms with Crippen LogP contribution in [0.1, 0.15) is 18.4 Å². The summed E-state index contributed by atoms with van der Waals surface area (Å²) < 4.78 is 74.8. The lowest BCUT2D eigenvalue weighted by Crippen LogP contribution is -2.53. The Kier molecular flexibility index (Phi) is 8.46. The van der Waals surface area contributed by atoms with E-state index >= 15 is 0 Å². The fourth-order valence-electron chi connectivity index (χ4n) is 3.58. The Morgan fingerprint density at radius 2 is 1.61 bits per heavy atom. The summed E-state index contributed by atoms with van der Waals surface area (Å²) in [5.74, 6) is -1.28. The minimum absolute atomic E-state index is 0.153. The third-order valence-electron chi connectivity index (χ3n) is 5.54. The van der Waals surface area contributed by atoms with Gasteiger partial charge in [-0.05, 0) is 61.4 Å². The molecule has 9 nitrogen and oxygen atoms in total. The van der Waals surface area contributed by atoms with Crippen molar-refractivity contribution in [1.82, 2.24) is 5.32 Å². The molecule has 0 unspecified atom stereocenters. The molecule has 0 spiro atoms. The first-order valence-corrected chi connectivity index (χ1v) is 12.8. The molecule has 1 aliphatic heterocycles. The monoisotopic (exact) mass is 529 g/mol. The molecule has 1 aliphatic rings. The van der Waals surface area contributed by atoms with Crippen LogP contribution in [-0.4, -0.2) is 52.3 Å². The Balaban J connectivity index is 1.73. The number of anilines is 1. The Bertz CT molecular complexity index is 1170. The number of ether oxygens (including phenoxy) is 2. The van der Waals surface area contributed by atoms with Crippen molar-refractivity contribution < 1.29 is 40.7 Å². The van der Waals surface area contributed by atoms with Crippen molar-refractivity contribution in [2.45, 2.75) is 25.1 Å². The molecule has 0 bridgehead atoms. The fraction of sp³-hybridized carbons (Fsp3) is 0.391. The van der Waals surface area contributed by atoms with Gasteiger partial charge in [-0.2, -0.15) is 13.2 Å². The quantitative estimate of drug-likeness (QED) is 0.514. The van der Waals surface area contributed by atoms with Crippen LogP contribution in [0.5, 0.6) is 11.5 Å². The van der Waals surface area contributed by atoms with E-state index in [0.717, 1.165) is 34.8 Å². The van der Waals surface area contributed by atoms with E-state index in [1.807, 2.05) is 0 Å². The first-order valence-electron chi connectivity index (χ1n) is 10.9. The highest BCUT2D eigenvalue weighted by atomic mass is 32.2. The van der Waals surface area contributed by atoms with Crippen LogP contribution in [0, 0.1) is 5.92 Å². The maximum absolute atomic E-state index is 12.7. The second-order valence-electron chi connectivity index (χ2n) is 8.26. The zero-order chi connectivity index (χ0) is 26.5. The Labute approximate surface area is 206 Å². The highest BCUT2D eigenvalue weighted by Gasteiger charge is 2.31. The second-order valence-corrected chi connectivity index (χ2v) is 10.2. The minimum Gasteiger partial charge on any atom is -0.457 e. The summed E-state index contributed by atoms with van der Waals surface area (Å²) in [5, 5.41) is 2.54. The second kappa shape index (κ2) is 11.2. The van der Waals surface area contributed by atoms with Crippen LogP contribution in [0.4, 0.5) is 18.9 Å². The third-order valence-corrected chi connectivity index (χ3v) is 6.70. The molecule has 0 radical (unpaired) electrons. The van der Waals surface area contributed by atoms with E-state index in [1.54, 1.807) is 0 Å². The van der Waals surface area contributed by atoms with Crippen molar-refractivity contribution in [2.75, 3.05) is 30.3 Å². The van der Waals surface area contributed by atoms with Crippen LogP contribution in [0.15, 0.2) is 48.5 Å². The van der Waals surface area contributed by atoms with E-state index in [0.29, 0.717) is 26.1 Å². The van der Waals surface area contributed by atoms with E-state index in [-0.39, 0.29) is 23.1 Å². The van der Waals surface area contributed by atoms with Gasteiger partial charge in [-0.25, -0.2) is 8.42 Å². The van der Waals surface area contributed by atoms with Crippen LogP contribution in [0.2, 0.25) is 0 Å². The number of carbonyl (C=O) groups excluding carboxylic acids is 2. The van der Waals surface area contributed by atoms with Crippen molar-refractivity contribution >= 4 is 27.5 Å². The van der Waals surface area contributed by atoms with Crippen molar-refractivity contribution in [1.29, 1.82) is 0 Å². The summed E-state index contributed by atoms with van der Waals surface area (Å²) in [6.07, 6.45) is -2.57. The average Bonchev–Trinajstić information content (AvgIpc) is 2.81. The first kappa shape index (κ1) is 27.3. The molecular weight excluding hydrogens is 503 g/mol. The van der Waals surface area contributed by atoms with E-state index in [9.17, 15) is 31.2 Å². The zero-order valence-electron chi connectivity index (χ0n) is 19.3. The van der Waals surface area contributed by atoms with E-state index in [2.05, 4.69) is 5.32 Å². The van der Waals surface area contributed by atoms with Crippen LogP contribution in [0.3, 0.4) is 0 Å². The maximum atomic E-state index is 12.7. The van der Waals surface area contributed by atoms with Crippen LogP contribution in [0.25, 0.3) is 0 Å². The molecule has 1 atom stereocenters. The smallest absolute Gasteiger partial charge is 0.416 e. The van der Waals surface area contributed by atoms with Gasteiger partial charge in [0.1, 0.15) is 17.5 Å². The molecule has 13 heteroatoms. The fourth-order valence-corrected chi connectivity index (χ4v) is 4.51. The predicted molar refractivity (Wildman–Crippen MR) is 125 cm³/mol. The van der Waals surface area contributed by atoms with Crippen LogP contribution >= 0.6 is 0 Å². The predicted octanol–water partition coefficient (Wildman–Crippen LogP) is 2.66. The number of primary amides is 1. The zero-order valence-corrected chi connectivity index (χ0v) is 20.1. The number of carbonyl (C=O) groups is 2. The summed E-state index contributed by atoms with van der Waals surface area (Å²) in [6, 6.07) is 8.46. The molecule has 0 aliphatic carbocycles. The molecule has 196 valence electrons. The highest BCUT2D eigenvalue weighted by Crippen LogP contribution is 2.32. The van der Waals surface area contributed by atoms with Gasteiger partial charge in [0, 0.05) is 19.1 Å². The molecule has 1 heterocycles. The topological polar surface area (TPSA) is 128 Å². The van der Waals surface area contributed by atoms with Gasteiger partial charge in [0.15, 0.2) is 0 Å². The first-order chi connectivity index (χ1) is 16.8. The summed E-state index contributed by atoms with van der Waals surface area (Å²) in [4.78, 5) is 24.6. The molecular formula is C23H26F3N3O6S. The Morgan fingerprint density at radius 1 is 1.08 bits per heavy atom. The lowest BCUT2D eigenvalue weighted by molar-refractivity contribution is -0.137. The van der Waals surface area contributed by atoms with Gasteiger partial charge in [-0.1, -0.05) is 0 Å². The Hall–Kier alpha value is -3.32. The van der Waals surface area contributed by atoms with E-state index in [4.69, 9.17) is 15.2 Å². The summed E-state index contributed by atoms with van der Waals surface area (Å²) in [5.41, 5.74) is 4.79. The lowest BCUT2D eigenvalue weighted by atomic mass is 9.99. The molecule has 1 fully saturated rings. The lowest BCUT2D eigenvalue weighted by Gasteiger charge is -2.28. The molecule has 0 aromatic heterocycles. The minimum atomic E-state index is -4.47. The normalized spacial score (nSPS) is 15.7. The molecule has 3 rings (SSSR count). The number of hydrogen-bond donors (Lipinski definition) is 2. The number of sulfonamides is 1. The van der Waals surface area contributed by atoms with Crippen molar-refractivity contribution in [3.05, 3.63) is 54.1 Å². The maximum Gasteiger partial charge on any atom is 0.416 e. The van der Waals surface area contributed by atoms with Gasteiger partial charge >= 0.3 is 6.18 Å². The van der Waals surface area contributed by atoms with Crippen LogP contribution in [-0.2, 0) is 30.5 Å². The van der Waals surface area contributed by atoms with Gasteiger partial charge in [-0.15, -0.1) is 0 Å². The van der Waals surface area contributed by atoms with Gasteiger partial charge in [0.05, 0.1) is 24.1 Å². The van der Waals surface area contributed by atoms with Gasteiger partial charge in [0.2, 0.25) is 21.8 Å². The number of halogens is 3. The third kappa shape index (κ3) is 7.34. The highest BCUT2D eigenvalue weighted by molar-refractivity contribution is 7.92. The van der Waals surface area contributed by atoms with Gasteiger partial charge in [0.25, 0.3) is 0 Å². The number of hydrogen-bond acceptors (Lipinski definition) is 6. The Morgan fingerprint density at radius 3 is 2.08 bits per heavy atom. The van der Waals surface area contributed by atoms with Crippen LogP contribution < -0.4 is 20.1 Å². The molecule has 3 N–H and O–H groups in total. The molecule has 2 amide bonds. The number of amides is 2. The SMILES string of the molecule is CS(=O)(=O)N(C[C@H](NC(=O)C1CCOCC1)C(N)=O)c1ccc(Oc2ccc(C(F)(F)F)cc2)cc1. The molecule has 2 aromatic rings. The summed E-state index contributed by atoms with van der Waals surface area (Å²) in [7, 11) is -3.89. The number of nitrogens with zero attached hydrogens (tertiary/aromatic N) is 1. The average molecular weight is 530 g/mol. The largest absolute Gasteiger partial charge is 0.457 e. The van der Waals surface area contributed by atoms with E-state index < -0.39 is 46.2 Å². The molecule has 36 heavy (non-hydrogen) atoms. The molecule has 0 saturated carbocycles. The molecule has 2 aromatic carbocycles. The standard InChI is InChI=1S/C23H26F3N3O6S/c1-36(32,33)29(14-20(21(27)30)28-22(31)15-10-12-34-13-11-15)17-4-8-19(9-5-17)35-18-6-2-16(3-7-18)23(24,25)26/h2-9,15,20H,10-14H2,1H3,(H2,27,30)(H,28,31)/t20-/m0/s1.